The molecule has 0 heterocycles. The third kappa shape index (κ3) is 5.22. The van der Waals surface area contributed by atoms with Crippen LogP contribution in [0, 0.1) is 5.92 Å². The molecular formula is C26H30N2O6. The molecule has 34 heavy (non-hydrogen) atoms. The number of carboxylic acids is 1. The lowest BCUT2D eigenvalue weighted by Crippen LogP contribution is -2.48. The molecule has 4 atom stereocenters. The van der Waals surface area contributed by atoms with E-state index in [1.807, 2.05) is 24.3 Å². The number of carbonyl (C=O) groups excluding carboxylic acids is 2. The topological polar surface area (TPSA) is 125 Å². The van der Waals surface area contributed by atoms with Gasteiger partial charge in [-0.15, -0.1) is 0 Å². The summed E-state index contributed by atoms with van der Waals surface area (Å²) in [6.07, 6.45) is 0.573. The minimum Gasteiger partial charge on any atom is -0.480 e. The van der Waals surface area contributed by atoms with Gasteiger partial charge in [0.1, 0.15) is 6.61 Å². The summed E-state index contributed by atoms with van der Waals surface area (Å²) in [5, 5.41) is 23.9. The fourth-order valence-electron chi connectivity index (χ4n) is 5.08. The van der Waals surface area contributed by atoms with E-state index in [0.717, 1.165) is 24.0 Å². The van der Waals surface area contributed by atoms with Crippen LogP contribution in [0.25, 0.3) is 11.1 Å². The molecule has 0 radical (unpaired) electrons. The minimum absolute atomic E-state index is 0.00531. The van der Waals surface area contributed by atoms with Gasteiger partial charge in [-0.1, -0.05) is 48.5 Å². The number of hydrogen-bond donors (Lipinski definition) is 4. The molecule has 0 spiro atoms. The quantitative estimate of drug-likeness (QED) is 0.474. The van der Waals surface area contributed by atoms with Crippen LogP contribution in [0.15, 0.2) is 48.5 Å². The summed E-state index contributed by atoms with van der Waals surface area (Å²) in [4.78, 5) is 35.8. The van der Waals surface area contributed by atoms with Gasteiger partial charge in [-0.25, -0.2) is 9.59 Å². The number of hydrogen-bond acceptors (Lipinski definition) is 5. The number of aliphatic hydroxyl groups excluding tert-OH is 1. The first-order valence-corrected chi connectivity index (χ1v) is 11.6. The Morgan fingerprint density at radius 3 is 2.24 bits per heavy atom. The van der Waals surface area contributed by atoms with Gasteiger partial charge in [0.25, 0.3) is 0 Å². The number of rotatable bonds is 8. The van der Waals surface area contributed by atoms with E-state index >= 15 is 0 Å². The number of ether oxygens (including phenoxy) is 1. The van der Waals surface area contributed by atoms with Crippen LogP contribution >= 0.6 is 0 Å². The number of carbonyl (C=O) groups is 3. The molecule has 2 amide bonds. The largest absolute Gasteiger partial charge is 0.480 e. The maximum atomic E-state index is 12.5. The maximum Gasteiger partial charge on any atom is 0.407 e. The van der Waals surface area contributed by atoms with Crippen LogP contribution < -0.4 is 10.6 Å². The van der Waals surface area contributed by atoms with Crippen molar-refractivity contribution in [1.82, 2.24) is 10.6 Å². The fraction of sp³-hybridized carbons (Fsp3) is 0.423. The number of aliphatic carboxylic acids is 1. The Balaban J connectivity index is 1.26. The Morgan fingerprint density at radius 2 is 1.65 bits per heavy atom. The van der Waals surface area contributed by atoms with E-state index in [-0.39, 0.29) is 30.9 Å². The van der Waals surface area contributed by atoms with Crippen molar-refractivity contribution in [2.45, 2.75) is 56.7 Å². The highest BCUT2D eigenvalue weighted by molar-refractivity contribution is 5.84. The first kappa shape index (κ1) is 23.8. The number of benzene rings is 2. The van der Waals surface area contributed by atoms with Crippen LogP contribution in [0.2, 0.25) is 0 Å². The SMILES string of the molecule is C[C@@H](O)[C@H](NC(=O)C[C@H]1CC[C@@H](NC(=O)OCC2c3ccccc3-c3ccccc32)C1)C(=O)O. The number of fused-ring (bicyclic) bond motifs is 3. The fourth-order valence-corrected chi connectivity index (χ4v) is 5.08. The lowest BCUT2D eigenvalue weighted by molar-refractivity contribution is -0.144. The Bertz CT molecular complexity index is 1020. The molecule has 0 aromatic heterocycles. The van der Waals surface area contributed by atoms with Crippen molar-refractivity contribution in [1.29, 1.82) is 0 Å². The van der Waals surface area contributed by atoms with Crippen LogP contribution in [0.1, 0.15) is 49.7 Å². The zero-order valence-corrected chi connectivity index (χ0v) is 19.1. The van der Waals surface area contributed by atoms with E-state index in [2.05, 4.69) is 34.9 Å². The summed E-state index contributed by atoms with van der Waals surface area (Å²) in [5.41, 5.74) is 4.65. The van der Waals surface area contributed by atoms with Crippen molar-refractivity contribution in [3.63, 3.8) is 0 Å². The van der Waals surface area contributed by atoms with Gasteiger partial charge in [0.2, 0.25) is 5.91 Å². The van der Waals surface area contributed by atoms with E-state index in [9.17, 15) is 19.5 Å². The molecule has 0 aliphatic heterocycles. The second-order valence-electron chi connectivity index (χ2n) is 9.17. The van der Waals surface area contributed by atoms with Crippen molar-refractivity contribution < 1.29 is 29.3 Å². The van der Waals surface area contributed by atoms with Crippen LogP contribution in [0.3, 0.4) is 0 Å². The highest BCUT2D eigenvalue weighted by Gasteiger charge is 2.32. The lowest BCUT2D eigenvalue weighted by atomic mass is 9.98. The number of carboxylic acid groups (broad SMARTS) is 1. The second-order valence-corrected chi connectivity index (χ2v) is 9.17. The highest BCUT2D eigenvalue weighted by Crippen LogP contribution is 2.44. The molecule has 1 fully saturated rings. The highest BCUT2D eigenvalue weighted by atomic mass is 16.5. The monoisotopic (exact) mass is 466 g/mol. The average molecular weight is 467 g/mol. The van der Waals surface area contributed by atoms with Gasteiger partial charge in [0, 0.05) is 18.4 Å². The van der Waals surface area contributed by atoms with E-state index in [0.29, 0.717) is 6.42 Å². The van der Waals surface area contributed by atoms with Gasteiger partial charge in [-0.3, -0.25) is 4.79 Å². The molecule has 2 aromatic carbocycles. The van der Waals surface area contributed by atoms with Crippen molar-refractivity contribution >= 4 is 18.0 Å². The zero-order chi connectivity index (χ0) is 24.2. The van der Waals surface area contributed by atoms with Crippen LogP contribution in [-0.4, -0.2) is 53.0 Å². The van der Waals surface area contributed by atoms with Gasteiger partial charge in [0.05, 0.1) is 6.10 Å². The van der Waals surface area contributed by atoms with Crippen LogP contribution in [-0.2, 0) is 14.3 Å². The Kier molecular flexibility index (Phi) is 7.17. The number of alkyl carbamates (subject to hydrolysis) is 1. The second kappa shape index (κ2) is 10.3. The summed E-state index contributed by atoms with van der Waals surface area (Å²) in [6.45, 7) is 1.57. The number of amides is 2. The molecule has 8 nitrogen and oxygen atoms in total. The Morgan fingerprint density at radius 1 is 1.03 bits per heavy atom. The third-order valence-corrected chi connectivity index (χ3v) is 6.75. The van der Waals surface area contributed by atoms with E-state index in [4.69, 9.17) is 9.84 Å². The predicted octanol–water partition coefficient (Wildman–Crippen LogP) is 3.03. The predicted molar refractivity (Wildman–Crippen MR) is 125 cm³/mol. The molecule has 180 valence electrons. The van der Waals surface area contributed by atoms with Crippen molar-refractivity contribution in [2.24, 2.45) is 5.92 Å². The molecule has 2 aliphatic rings. The van der Waals surface area contributed by atoms with Crippen molar-refractivity contribution in [2.75, 3.05) is 6.61 Å². The van der Waals surface area contributed by atoms with Crippen molar-refractivity contribution in [3.05, 3.63) is 59.7 Å². The number of nitrogens with one attached hydrogen (secondary N) is 2. The molecule has 2 aromatic rings. The van der Waals surface area contributed by atoms with Crippen LogP contribution in [0.5, 0.6) is 0 Å². The lowest BCUT2D eigenvalue weighted by Gasteiger charge is -2.19. The Labute approximate surface area is 198 Å². The van der Waals surface area contributed by atoms with Crippen molar-refractivity contribution in [3.8, 4) is 11.1 Å². The molecule has 2 aliphatic carbocycles. The van der Waals surface area contributed by atoms with Gasteiger partial charge in [0.15, 0.2) is 6.04 Å². The van der Waals surface area contributed by atoms with Gasteiger partial charge < -0.3 is 25.6 Å². The molecule has 0 saturated heterocycles. The molecule has 4 rings (SSSR count). The van der Waals surface area contributed by atoms with Gasteiger partial charge in [-0.05, 0) is 54.4 Å². The summed E-state index contributed by atoms with van der Waals surface area (Å²) >= 11 is 0. The molecule has 0 unspecified atom stereocenters. The summed E-state index contributed by atoms with van der Waals surface area (Å²) in [6, 6.07) is 14.9. The molecular weight excluding hydrogens is 436 g/mol. The zero-order valence-electron chi connectivity index (χ0n) is 19.1. The van der Waals surface area contributed by atoms with Crippen LogP contribution in [0.4, 0.5) is 4.79 Å². The van der Waals surface area contributed by atoms with E-state index < -0.39 is 30.1 Å². The summed E-state index contributed by atoms with van der Waals surface area (Å²) in [5.74, 6) is -1.67. The summed E-state index contributed by atoms with van der Waals surface area (Å²) < 4.78 is 5.60. The smallest absolute Gasteiger partial charge is 0.407 e. The minimum atomic E-state index is -1.33. The summed E-state index contributed by atoms with van der Waals surface area (Å²) in [7, 11) is 0. The number of aliphatic hydroxyl groups is 1. The average Bonchev–Trinajstić information content (AvgIpc) is 3.37. The maximum absolute atomic E-state index is 12.5. The van der Waals surface area contributed by atoms with E-state index in [1.54, 1.807) is 0 Å². The molecule has 0 bridgehead atoms. The molecule has 8 heteroatoms. The standard InChI is InChI=1S/C26H30N2O6/c1-15(29)24(25(31)32)28-23(30)13-16-10-11-17(12-16)27-26(33)34-14-22-20-8-4-2-6-18(20)19-7-3-5-9-21(19)22/h2-9,15-17,22,24,29H,10-14H2,1H3,(H,27,33)(H,28,30)(H,31,32)/t15-,16+,17-,24+/m1/s1. The first-order chi connectivity index (χ1) is 16.3. The Hall–Kier alpha value is -3.39. The normalized spacial score (nSPS) is 20.6. The van der Waals surface area contributed by atoms with Gasteiger partial charge >= 0.3 is 12.1 Å². The first-order valence-electron chi connectivity index (χ1n) is 11.6. The van der Waals surface area contributed by atoms with Gasteiger partial charge in [-0.2, -0.15) is 0 Å². The van der Waals surface area contributed by atoms with E-state index in [1.165, 1.54) is 18.1 Å². The molecule has 1 saturated carbocycles. The molecule has 4 N–H and O–H groups in total. The third-order valence-electron chi connectivity index (χ3n) is 6.75.